The number of benzene rings is 8. The molecule has 708 valence electrons. The predicted molar refractivity (Wildman–Crippen MR) is 438 cm³/mol. The first kappa shape index (κ1) is 102. The lowest BCUT2D eigenvalue weighted by Gasteiger charge is -2.24. The largest absolute Gasteiger partial charge is 0.449 e. The highest BCUT2D eigenvalue weighted by Gasteiger charge is 2.38. The van der Waals surface area contributed by atoms with Crippen molar-refractivity contribution in [1.29, 1.82) is 0 Å². The average Bonchev–Trinajstić information content (AvgIpc) is 0.750. The fourth-order valence-electron chi connectivity index (χ4n) is 11.1. The molecule has 0 heterocycles. The normalized spacial score (nSPS) is 10.4. The lowest BCUT2D eigenvalue weighted by atomic mass is 10.2. The highest BCUT2D eigenvalue weighted by atomic mass is 16.7. The predicted octanol–water partition coefficient (Wildman–Crippen LogP) is 12.7. The lowest BCUT2D eigenvalue weighted by Crippen LogP contribution is -2.13. The third kappa shape index (κ3) is 29.4. The van der Waals surface area contributed by atoms with E-state index in [-0.39, 0.29) is 5.75 Å². The van der Waals surface area contributed by atoms with Gasteiger partial charge in [-0.3, -0.25) is 95.9 Å². The third-order valence-electron chi connectivity index (χ3n) is 14.8. The molecular formula is C88H74O47. The molecule has 0 fully saturated rings. The Morgan fingerprint density at radius 3 is 0.422 bits per heavy atom. The van der Waals surface area contributed by atoms with E-state index in [0.29, 0.717) is 12.1 Å². The molecule has 8 aromatic rings. The number of hydrogen-bond donors (Lipinski definition) is 0. The van der Waals surface area contributed by atoms with Crippen LogP contribution < -0.4 is 128 Å². The van der Waals surface area contributed by atoms with E-state index < -0.39 is 309 Å². The van der Waals surface area contributed by atoms with Gasteiger partial charge in [0.25, 0.3) is 0 Å². The molecule has 0 saturated carbocycles. The molecule has 8 aromatic carbocycles. The van der Waals surface area contributed by atoms with E-state index in [4.69, 9.17) is 128 Å². The molecule has 0 aromatic heterocycles. The Bertz CT molecular complexity index is 6070. The van der Waals surface area contributed by atoms with Crippen molar-refractivity contribution in [2.75, 3.05) is 0 Å². The minimum Gasteiger partial charge on any atom is -0.449 e. The summed E-state index contributed by atoms with van der Waals surface area (Å²) in [5.41, 5.74) is 0. The van der Waals surface area contributed by atoms with Crippen molar-refractivity contribution in [3.63, 3.8) is 0 Å². The maximum absolute atomic E-state index is 13.7. The van der Waals surface area contributed by atoms with Gasteiger partial charge >= 0.3 is 119 Å². The zero-order chi connectivity index (χ0) is 100. The van der Waals surface area contributed by atoms with Crippen molar-refractivity contribution in [3.8, 4) is 195 Å². The minimum atomic E-state index is -1.37. The van der Waals surface area contributed by atoms with E-state index in [9.17, 15) is 95.9 Å². The number of rotatable bonds is 34. The van der Waals surface area contributed by atoms with Crippen molar-refractivity contribution in [2.45, 2.75) is 138 Å². The molecule has 0 saturated heterocycles. The molecule has 0 N–H and O–H groups in total. The fraction of sp³-hybridized carbons (Fsp3) is 0.227. The standard InChI is InChI=1S/C88H74O47/c1-35(89)109-55-21-63(112-38(4)92)78(64(22-55)113-39(5)93)132-59-29-71(120-46(12)100)82(72(30-59)121-47(13)101)134-76-34-74(123-49(15)103)84(126-52(18)106)88(128-54(20)108)86(76)135-75-33-73(122-48(14)102)83(125-51(17)105)87(127-53(19)107)85(75)133-60-31-69(118-44(10)98)81(70(32-60)119-45(11)99)131-58-27-67(116-42(8)96)80(68(28-58)117-43(9)97)130-57-25-65(114-40(6)94)79(66(26-57)115-41(7)95)129-56-23-61(110-36(2)90)77(124-50(16)104)62(24-56)111-37(3)91/h21-34H,1-20H3. The summed E-state index contributed by atoms with van der Waals surface area (Å²) in [5.74, 6) is -51.0. The quantitative estimate of drug-likeness (QED) is 0.0267. The summed E-state index contributed by atoms with van der Waals surface area (Å²) in [7, 11) is 0. The zero-order valence-corrected chi connectivity index (χ0v) is 74.3. The Labute approximate surface area is 759 Å². The monoisotopic (exact) mass is 1880 g/mol. The van der Waals surface area contributed by atoms with Crippen molar-refractivity contribution in [1.82, 2.24) is 0 Å². The van der Waals surface area contributed by atoms with Gasteiger partial charge in [0.05, 0.1) is 0 Å². The number of carbonyl (C=O) groups is 20. The molecule has 0 aliphatic heterocycles. The molecule has 0 radical (unpaired) electrons. The SMILES string of the molecule is CC(=O)Oc1cc(OC(C)=O)c(Oc2cc(OC(C)=O)c(Oc3cc(OC(C)=O)c(OC(C)=O)c(OC(C)=O)c3Oc3cc(OC(C)=O)c(OC(C)=O)c(OC(C)=O)c3Oc3cc(OC(C)=O)c(Oc4cc(OC(C)=O)c(Oc5cc(OC(C)=O)c(Oc6cc(OC(C)=O)c(OC(C)=O)c(OC(C)=O)c6)c(OC(C)=O)c5)c(OC(C)=O)c4)c(OC(C)=O)c3)c(OC(C)=O)c2)c(OC(C)=O)c1. The topological polar surface area (TPSA) is 591 Å². The summed E-state index contributed by atoms with van der Waals surface area (Å²) in [6.45, 7) is 17.4. The molecule has 0 aliphatic rings. The van der Waals surface area contributed by atoms with Crippen LogP contribution in [0.1, 0.15) is 138 Å². The summed E-state index contributed by atoms with van der Waals surface area (Å²) >= 11 is 0. The molecule has 8 rings (SSSR count). The van der Waals surface area contributed by atoms with E-state index in [1.54, 1.807) is 0 Å². The molecule has 0 unspecified atom stereocenters. The van der Waals surface area contributed by atoms with Crippen LogP contribution in [0.5, 0.6) is 195 Å². The van der Waals surface area contributed by atoms with Crippen LogP contribution in [0.4, 0.5) is 0 Å². The van der Waals surface area contributed by atoms with Gasteiger partial charge in [-0.1, -0.05) is 0 Å². The summed E-state index contributed by atoms with van der Waals surface area (Å²) < 4.78 is 154. The van der Waals surface area contributed by atoms with Crippen LogP contribution in [-0.4, -0.2) is 119 Å². The maximum Gasteiger partial charge on any atom is 0.308 e. The van der Waals surface area contributed by atoms with Crippen LogP contribution in [-0.2, 0) is 95.9 Å². The number of esters is 20. The second-order valence-corrected chi connectivity index (χ2v) is 26.8. The molecule has 0 bridgehead atoms. The van der Waals surface area contributed by atoms with Crippen molar-refractivity contribution in [3.05, 3.63) is 84.9 Å². The van der Waals surface area contributed by atoms with E-state index in [1.165, 1.54) is 0 Å². The van der Waals surface area contributed by atoms with Gasteiger partial charge in [-0.25, -0.2) is 0 Å². The third-order valence-corrected chi connectivity index (χ3v) is 14.8. The summed E-state index contributed by atoms with van der Waals surface area (Å²) in [6.07, 6.45) is 0. The van der Waals surface area contributed by atoms with Crippen molar-refractivity contribution >= 4 is 119 Å². The van der Waals surface area contributed by atoms with E-state index in [1.807, 2.05) is 0 Å². The highest BCUT2D eigenvalue weighted by Crippen LogP contribution is 2.61. The van der Waals surface area contributed by atoms with Crippen LogP contribution in [0.3, 0.4) is 0 Å². The molecule has 135 heavy (non-hydrogen) atoms. The van der Waals surface area contributed by atoms with Crippen LogP contribution >= 0.6 is 0 Å². The minimum absolute atomic E-state index is 0.376. The van der Waals surface area contributed by atoms with E-state index in [0.717, 1.165) is 211 Å². The van der Waals surface area contributed by atoms with Crippen LogP contribution in [0.15, 0.2) is 84.9 Å². The zero-order valence-electron chi connectivity index (χ0n) is 74.3. The van der Waals surface area contributed by atoms with E-state index in [2.05, 4.69) is 0 Å². The van der Waals surface area contributed by atoms with Gasteiger partial charge in [0, 0.05) is 223 Å². The van der Waals surface area contributed by atoms with Crippen LogP contribution in [0, 0.1) is 0 Å². The lowest BCUT2D eigenvalue weighted by molar-refractivity contribution is -0.135. The fourth-order valence-corrected chi connectivity index (χ4v) is 11.1. The first-order chi connectivity index (χ1) is 63.2. The Morgan fingerprint density at radius 1 is 0.111 bits per heavy atom. The molecule has 47 heteroatoms. The molecule has 0 aliphatic carbocycles. The molecule has 0 spiro atoms. The van der Waals surface area contributed by atoms with Gasteiger partial charge in [-0.15, -0.1) is 0 Å². The Morgan fingerprint density at radius 2 is 0.237 bits per heavy atom. The van der Waals surface area contributed by atoms with Gasteiger partial charge in [0.2, 0.25) is 69.0 Å². The Balaban J connectivity index is 1.42. The number of carbonyl (C=O) groups excluding carboxylic acids is 20. The number of hydrogen-bond acceptors (Lipinski definition) is 47. The molecule has 0 amide bonds. The Hall–Kier alpha value is -18.2. The summed E-state index contributed by atoms with van der Waals surface area (Å²) in [4.78, 5) is 261. The smallest absolute Gasteiger partial charge is 0.308 e. The van der Waals surface area contributed by atoms with Crippen molar-refractivity contribution in [2.24, 2.45) is 0 Å². The average molecular weight is 1880 g/mol. The molecular weight excluding hydrogens is 1810 g/mol. The van der Waals surface area contributed by atoms with Gasteiger partial charge in [0.15, 0.2) is 92.0 Å². The van der Waals surface area contributed by atoms with Gasteiger partial charge < -0.3 is 128 Å². The second-order valence-electron chi connectivity index (χ2n) is 26.8. The molecule has 47 nitrogen and oxygen atoms in total. The van der Waals surface area contributed by atoms with Gasteiger partial charge in [-0.05, 0) is 0 Å². The number of ether oxygens (including phenoxy) is 27. The van der Waals surface area contributed by atoms with Crippen LogP contribution in [0.25, 0.3) is 0 Å². The summed E-state index contributed by atoms with van der Waals surface area (Å²) in [5, 5.41) is 0. The van der Waals surface area contributed by atoms with Crippen molar-refractivity contribution < 1.29 is 224 Å². The van der Waals surface area contributed by atoms with Crippen LogP contribution in [0.2, 0.25) is 0 Å². The second kappa shape index (κ2) is 44.7. The molecule has 0 atom stereocenters. The van der Waals surface area contributed by atoms with E-state index >= 15 is 0 Å². The van der Waals surface area contributed by atoms with Gasteiger partial charge in [0.1, 0.15) is 34.5 Å². The first-order valence-corrected chi connectivity index (χ1v) is 38.2. The first-order valence-electron chi connectivity index (χ1n) is 38.2. The highest BCUT2D eigenvalue weighted by molar-refractivity contribution is 5.88. The Kier molecular flexibility index (Phi) is 33.8. The maximum atomic E-state index is 13.7. The van der Waals surface area contributed by atoms with Gasteiger partial charge in [-0.2, -0.15) is 0 Å². The summed E-state index contributed by atoms with van der Waals surface area (Å²) in [6, 6.07) is 11.7.